The van der Waals surface area contributed by atoms with E-state index in [-0.39, 0.29) is 0 Å². The molecule has 3 nitrogen and oxygen atoms in total. The molecule has 6 heteroatoms. The van der Waals surface area contributed by atoms with Crippen LogP contribution in [0.15, 0.2) is 23.3 Å². The standard InChI is InChI=1S/C12H15Cl2N3S/c1-2-3-7-15-12(18)17-16-8-9-10(13)5-4-6-11(9)14/h4-6,8H,2-3,7H2,1H3,(H2,15,17,18)/b16-8-. The number of nitrogens with zero attached hydrogens (tertiary/aromatic N) is 1. The van der Waals surface area contributed by atoms with Gasteiger partial charge in [-0.25, -0.2) is 0 Å². The second kappa shape index (κ2) is 8.29. The maximum Gasteiger partial charge on any atom is 0.186 e. The van der Waals surface area contributed by atoms with Crippen molar-refractivity contribution in [3.05, 3.63) is 33.8 Å². The fraction of sp³-hybridized carbons (Fsp3) is 0.333. The molecule has 1 aromatic rings. The minimum Gasteiger partial charge on any atom is -0.361 e. The summed E-state index contributed by atoms with van der Waals surface area (Å²) in [5, 5.41) is 8.63. The highest BCUT2D eigenvalue weighted by molar-refractivity contribution is 7.80. The summed E-state index contributed by atoms with van der Waals surface area (Å²) in [4.78, 5) is 0. The first-order valence-corrected chi connectivity index (χ1v) is 6.82. The Morgan fingerprint density at radius 1 is 1.39 bits per heavy atom. The van der Waals surface area contributed by atoms with Crippen molar-refractivity contribution in [2.45, 2.75) is 19.8 Å². The predicted octanol–water partition coefficient (Wildman–Crippen LogP) is 3.59. The number of nitrogens with one attached hydrogen (secondary N) is 2. The van der Waals surface area contributed by atoms with Gasteiger partial charge in [-0.3, -0.25) is 5.43 Å². The van der Waals surface area contributed by atoms with E-state index in [2.05, 4.69) is 22.8 Å². The van der Waals surface area contributed by atoms with Gasteiger partial charge in [0.15, 0.2) is 5.11 Å². The largest absolute Gasteiger partial charge is 0.361 e. The fourth-order valence-electron chi connectivity index (χ4n) is 1.21. The molecule has 18 heavy (non-hydrogen) atoms. The third-order valence-electron chi connectivity index (χ3n) is 2.18. The van der Waals surface area contributed by atoms with E-state index in [1.165, 1.54) is 0 Å². The van der Waals surface area contributed by atoms with Crippen molar-refractivity contribution >= 4 is 46.7 Å². The fourth-order valence-corrected chi connectivity index (χ4v) is 1.86. The Kier molecular flexibility index (Phi) is 7.01. The van der Waals surface area contributed by atoms with E-state index in [1.807, 2.05) is 0 Å². The molecule has 0 atom stereocenters. The second-order valence-corrected chi connectivity index (χ2v) is 4.84. The molecule has 0 aliphatic heterocycles. The van der Waals surface area contributed by atoms with Gasteiger partial charge in [0.25, 0.3) is 0 Å². The Labute approximate surface area is 123 Å². The Morgan fingerprint density at radius 2 is 2.06 bits per heavy atom. The zero-order valence-electron chi connectivity index (χ0n) is 10.0. The lowest BCUT2D eigenvalue weighted by atomic mass is 10.2. The van der Waals surface area contributed by atoms with E-state index in [0.717, 1.165) is 19.4 Å². The Balaban J connectivity index is 2.47. The Bertz CT molecular complexity index is 415. The van der Waals surface area contributed by atoms with Crippen molar-refractivity contribution in [3.8, 4) is 0 Å². The van der Waals surface area contributed by atoms with Gasteiger partial charge in [0, 0.05) is 12.1 Å². The van der Waals surface area contributed by atoms with Crippen molar-refractivity contribution < 1.29 is 0 Å². The van der Waals surface area contributed by atoms with Crippen LogP contribution in [0.5, 0.6) is 0 Å². The molecule has 0 saturated heterocycles. The molecule has 0 aromatic heterocycles. The van der Waals surface area contributed by atoms with Crippen molar-refractivity contribution in [2.75, 3.05) is 6.54 Å². The Morgan fingerprint density at radius 3 is 2.67 bits per heavy atom. The molecule has 1 aromatic carbocycles. The summed E-state index contributed by atoms with van der Waals surface area (Å²) in [5.74, 6) is 0. The highest BCUT2D eigenvalue weighted by atomic mass is 35.5. The van der Waals surface area contributed by atoms with E-state index in [0.29, 0.717) is 20.7 Å². The first-order valence-electron chi connectivity index (χ1n) is 5.66. The summed E-state index contributed by atoms with van der Waals surface area (Å²) in [6, 6.07) is 5.30. The van der Waals surface area contributed by atoms with Crippen LogP contribution in [-0.2, 0) is 0 Å². The second-order valence-electron chi connectivity index (χ2n) is 3.61. The third kappa shape index (κ3) is 5.21. The van der Waals surface area contributed by atoms with Crippen LogP contribution < -0.4 is 10.7 Å². The van der Waals surface area contributed by atoms with Gasteiger partial charge in [-0.05, 0) is 30.8 Å². The van der Waals surface area contributed by atoms with Gasteiger partial charge in [-0.1, -0.05) is 42.6 Å². The first kappa shape index (κ1) is 15.2. The number of halogens is 2. The van der Waals surface area contributed by atoms with Crippen molar-refractivity contribution in [2.24, 2.45) is 5.10 Å². The minimum absolute atomic E-state index is 0.489. The number of hydrazone groups is 1. The van der Waals surface area contributed by atoms with Gasteiger partial charge in [-0.2, -0.15) is 5.10 Å². The predicted molar refractivity (Wildman–Crippen MR) is 82.7 cm³/mol. The molecular weight excluding hydrogens is 289 g/mol. The van der Waals surface area contributed by atoms with Crippen LogP contribution in [0.4, 0.5) is 0 Å². The van der Waals surface area contributed by atoms with Crippen molar-refractivity contribution in [3.63, 3.8) is 0 Å². The first-order chi connectivity index (χ1) is 8.65. The monoisotopic (exact) mass is 303 g/mol. The normalized spacial score (nSPS) is 10.6. The summed E-state index contributed by atoms with van der Waals surface area (Å²) in [6.07, 6.45) is 3.74. The van der Waals surface area contributed by atoms with Crippen LogP contribution in [-0.4, -0.2) is 17.9 Å². The van der Waals surface area contributed by atoms with E-state index in [1.54, 1.807) is 24.4 Å². The molecule has 1 rings (SSSR count). The molecule has 98 valence electrons. The topological polar surface area (TPSA) is 36.4 Å². The van der Waals surface area contributed by atoms with Crippen molar-refractivity contribution in [1.82, 2.24) is 10.7 Å². The quantitative estimate of drug-likeness (QED) is 0.378. The summed E-state index contributed by atoms with van der Waals surface area (Å²) < 4.78 is 0. The van der Waals surface area contributed by atoms with E-state index in [4.69, 9.17) is 35.4 Å². The summed E-state index contributed by atoms with van der Waals surface area (Å²) in [6.45, 7) is 2.96. The van der Waals surface area contributed by atoms with Crippen LogP contribution in [0.3, 0.4) is 0 Å². The van der Waals surface area contributed by atoms with Crippen LogP contribution >= 0.6 is 35.4 Å². The molecule has 0 heterocycles. The van der Waals surface area contributed by atoms with Crippen molar-refractivity contribution in [1.29, 1.82) is 0 Å². The highest BCUT2D eigenvalue weighted by Gasteiger charge is 2.01. The molecule has 0 radical (unpaired) electrons. The van der Waals surface area contributed by atoms with Crippen LogP contribution in [0.1, 0.15) is 25.3 Å². The third-order valence-corrected chi connectivity index (χ3v) is 3.07. The number of thiocarbonyl (C=S) groups is 1. The van der Waals surface area contributed by atoms with Crippen LogP contribution in [0, 0.1) is 0 Å². The average Bonchev–Trinajstić information content (AvgIpc) is 2.33. The number of hydrogen-bond acceptors (Lipinski definition) is 2. The maximum absolute atomic E-state index is 6.00. The van der Waals surface area contributed by atoms with Gasteiger partial charge in [0.05, 0.1) is 16.3 Å². The maximum atomic E-state index is 6.00. The summed E-state index contributed by atoms with van der Waals surface area (Å²) >= 11 is 17.0. The minimum atomic E-state index is 0.489. The van der Waals surface area contributed by atoms with Gasteiger partial charge in [0.2, 0.25) is 0 Å². The molecule has 0 saturated carbocycles. The number of benzene rings is 1. The lowest BCUT2D eigenvalue weighted by molar-refractivity contribution is 0.745. The molecular formula is C12H15Cl2N3S. The molecule has 0 amide bonds. The van der Waals surface area contributed by atoms with E-state index >= 15 is 0 Å². The molecule has 0 spiro atoms. The smallest absolute Gasteiger partial charge is 0.186 e. The molecule has 0 aliphatic rings. The molecule has 0 fully saturated rings. The van der Waals surface area contributed by atoms with Gasteiger partial charge in [-0.15, -0.1) is 0 Å². The van der Waals surface area contributed by atoms with E-state index in [9.17, 15) is 0 Å². The Hall–Kier alpha value is -0.840. The summed E-state index contributed by atoms with van der Waals surface area (Å²) in [7, 11) is 0. The summed E-state index contributed by atoms with van der Waals surface area (Å²) in [5.41, 5.74) is 3.39. The SMILES string of the molecule is CCCCNC(=S)N/N=C\c1c(Cl)cccc1Cl. The molecule has 0 bridgehead atoms. The van der Waals surface area contributed by atoms with Gasteiger partial charge < -0.3 is 5.32 Å². The zero-order chi connectivity index (χ0) is 13.4. The molecule has 0 unspecified atom stereocenters. The van der Waals surface area contributed by atoms with Gasteiger partial charge >= 0.3 is 0 Å². The van der Waals surface area contributed by atoms with Gasteiger partial charge in [0.1, 0.15) is 0 Å². The average molecular weight is 304 g/mol. The van der Waals surface area contributed by atoms with Crippen LogP contribution in [0.25, 0.3) is 0 Å². The lowest BCUT2D eigenvalue weighted by Gasteiger charge is -2.05. The molecule has 0 aliphatic carbocycles. The van der Waals surface area contributed by atoms with Crippen LogP contribution in [0.2, 0.25) is 10.0 Å². The number of hydrogen-bond donors (Lipinski definition) is 2. The van der Waals surface area contributed by atoms with E-state index < -0.39 is 0 Å². The number of unbranched alkanes of at least 4 members (excludes halogenated alkanes) is 1. The zero-order valence-corrected chi connectivity index (χ0v) is 12.4. The highest BCUT2D eigenvalue weighted by Crippen LogP contribution is 2.21. The lowest BCUT2D eigenvalue weighted by Crippen LogP contribution is -2.32. The number of rotatable bonds is 5. The molecule has 2 N–H and O–H groups in total.